The molecule has 0 saturated heterocycles. The van der Waals surface area contributed by atoms with Gasteiger partial charge >= 0.3 is 5.97 Å². The Kier molecular flexibility index (Phi) is 6.56. The second-order valence-corrected chi connectivity index (χ2v) is 7.04. The number of amides is 1. The van der Waals surface area contributed by atoms with Crippen LogP contribution >= 0.6 is 11.3 Å². The van der Waals surface area contributed by atoms with Crippen molar-refractivity contribution in [1.29, 1.82) is 0 Å². The lowest BCUT2D eigenvalue weighted by atomic mass is 10.2. The Morgan fingerprint density at radius 3 is 2.48 bits per heavy atom. The first-order valence-corrected chi connectivity index (χ1v) is 9.67. The fourth-order valence-electron chi connectivity index (χ4n) is 2.47. The smallest absolute Gasteiger partial charge is 0.312 e. The fourth-order valence-corrected chi connectivity index (χ4v) is 3.30. The molecule has 2 aromatic carbocycles. The number of halogens is 1. The zero-order valence-electron chi connectivity index (χ0n) is 15.8. The minimum atomic E-state index is -0.959. The third kappa shape index (κ3) is 5.61. The molecule has 1 aromatic heterocycles. The predicted molar refractivity (Wildman–Crippen MR) is 108 cm³/mol. The van der Waals surface area contributed by atoms with Gasteiger partial charge in [-0.05, 0) is 55.5 Å². The van der Waals surface area contributed by atoms with Gasteiger partial charge in [-0.15, -0.1) is 11.3 Å². The van der Waals surface area contributed by atoms with Gasteiger partial charge in [0.1, 0.15) is 16.6 Å². The highest BCUT2D eigenvalue weighted by atomic mass is 32.1. The van der Waals surface area contributed by atoms with Crippen LogP contribution in [-0.2, 0) is 20.7 Å². The molecule has 0 aliphatic heterocycles. The first-order valence-electron chi connectivity index (χ1n) is 8.79. The second-order valence-electron chi connectivity index (χ2n) is 6.18. The average Bonchev–Trinajstić information content (AvgIpc) is 3.17. The summed E-state index contributed by atoms with van der Waals surface area (Å²) in [5.74, 6) is -0.645. The van der Waals surface area contributed by atoms with Gasteiger partial charge in [-0.1, -0.05) is 0 Å². The molecule has 0 saturated carbocycles. The molecule has 1 amide bonds. The maximum absolute atomic E-state index is 13.0. The fraction of sp³-hybridized carbons (Fsp3) is 0.190. The zero-order valence-corrected chi connectivity index (χ0v) is 16.7. The highest BCUT2D eigenvalue weighted by Gasteiger charge is 2.19. The number of ether oxygens (including phenoxy) is 2. The van der Waals surface area contributed by atoms with Gasteiger partial charge < -0.3 is 14.8 Å². The van der Waals surface area contributed by atoms with Crippen molar-refractivity contribution in [3.05, 3.63) is 65.4 Å². The van der Waals surface area contributed by atoms with Crippen LogP contribution in [0.25, 0.3) is 10.6 Å². The summed E-state index contributed by atoms with van der Waals surface area (Å²) in [6, 6.07) is 12.8. The maximum atomic E-state index is 13.0. The van der Waals surface area contributed by atoms with Crippen LogP contribution < -0.4 is 10.1 Å². The number of methoxy groups -OCH3 is 1. The van der Waals surface area contributed by atoms with Crippen molar-refractivity contribution in [3.8, 4) is 16.3 Å². The summed E-state index contributed by atoms with van der Waals surface area (Å²) in [7, 11) is 1.56. The molecule has 0 aliphatic carbocycles. The van der Waals surface area contributed by atoms with E-state index >= 15 is 0 Å². The van der Waals surface area contributed by atoms with E-state index in [-0.39, 0.29) is 12.2 Å². The Hall–Kier alpha value is -3.26. The Morgan fingerprint density at radius 2 is 1.83 bits per heavy atom. The van der Waals surface area contributed by atoms with Gasteiger partial charge in [0.2, 0.25) is 0 Å². The average molecular weight is 414 g/mol. The molecule has 0 unspecified atom stereocenters. The third-order valence-corrected chi connectivity index (χ3v) is 4.94. The summed E-state index contributed by atoms with van der Waals surface area (Å²) in [6.45, 7) is 1.50. The van der Waals surface area contributed by atoms with E-state index in [2.05, 4.69) is 10.3 Å². The third-order valence-electron chi connectivity index (χ3n) is 4.00. The summed E-state index contributed by atoms with van der Waals surface area (Å²) in [4.78, 5) is 28.7. The van der Waals surface area contributed by atoms with Crippen molar-refractivity contribution in [2.75, 3.05) is 12.4 Å². The number of hydrogen-bond acceptors (Lipinski definition) is 6. The van der Waals surface area contributed by atoms with E-state index in [0.29, 0.717) is 22.1 Å². The maximum Gasteiger partial charge on any atom is 0.312 e. The molecule has 1 atom stereocenters. The molecular formula is C21H19FN2O4S. The van der Waals surface area contributed by atoms with Crippen LogP contribution in [0.4, 0.5) is 10.1 Å². The van der Waals surface area contributed by atoms with Gasteiger partial charge in [-0.25, -0.2) is 9.37 Å². The summed E-state index contributed by atoms with van der Waals surface area (Å²) >= 11 is 1.35. The molecule has 3 rings (SSSR count). The van der Waals surface area contributed by atoms with Gasteiger partial charge in [-0.3, -0.25) is 9.59 Å². The van der Waals surface area contributed by atoms with Crippen LogP contribution in [0.3, 0.4) is 0 Å². The van der Waals surface area contributed by atoms with E-state index in [1.54, 1.807) is 48.9 Å². The molecule has 6 nitrogen and oxygen atoms in total. The van der Waals surface area contributed by atoms with Gasteiger partial charge in [0.15, 0.2) is 6.10 Å². The largest absolute Gasteiger partial charge is 0.497 e. The number of thiazole rings is 1. The molecule has 8 heteroatoms. The molecule has 1 N–H and O–H groups in total. The SMILES string of the molecule is COc1ccc(NC(=O)[C@H](C)OC(=O)Cc2csc(-c3ccc(F)cc3)n2)cc1. The van der Waals surface area contributed by atoms with E-state index in [4.69, 9.17) is 9.47 Å². The highest BCUT2D eigenvalue weighted by molar-refractivity contribution is 7.13. The number of hydrogen-bond donors (Lipinski definition) is 1. The molecule has 3 aromatic rings. The van der Waals surface area contributed by atoms with Gasteiger partial charge in [0.25, 0.3) is 5.91 Å². The number of rotatable bonds is 7. The molecule has 0 radical (unpaired) electrons. The van der Waals surface area contributed by atoms with Crippen molar-refractivity contribution >= 4 is 28.9 Å². The van der Waals surface area contributed by atoms with Crippen LogP contribution in [0.15, 0.2) is 53.9 Å². The van der Waals surface area contributed by atoms with Gasteiger partial charge in [0, 0.05) is 16.6 Å². The zero-order chi connectivity index (χ0) is 20.8. The van der Waals surface area contributed by atoms with Crippen molar-refractivity contribution < 1.29 is 23.5 Å². The number of nitrogens with one attached hydrogen (secondary N) is 1. The first-order chi connectivity index (χ1) is 13.9. The van der Waals surface area contributed by atoms with Crippen LogP contribution in [-0.4, -0.2) is 30.1 Å². The number of carbonyl (C=O) groups excluding carboxylic acids is 2. The quantitative estimate of drug-likeness (QED) is 0.590. The normalized spacial score (nSPS) is 11.6. The standard InChI is InChI=1S/C21H19FN2O4S/c1-13(20(26)23-16-7-9-18(27-2)10-8-16)28-19(25)11-17-12-29-21(24-17)14-3-5-15(22)6-4-14/h3-10,12-13H,11H2,1-2H3,(H,23,26)/t13-/m0/s1. The summed E-state index contributed by atoms with van der Waals surface area (Å²) in [5.41, 5.74) is 1.87. The molecule has 1 heterocycles. The molecule has 0 spiro atoms. The van der Waals surface area contributed by atoms with Crippen LogP contribution in [0.5, 0.6) is 5.75 Å². The van der Waals surface area contributed by atoms with E-state index in [9.17, 15) is 14.0 Å². The number of benzene rings is 2. The number of esters is 1. The lowest BCUT2D eigenvalue weighted by Crippen LogP contribution is -2.30. The monoisotopic (exact) mass is 414 g/mol. The van der Waals surface area contributed by atoms with Crippen molar-refractivity contribution in [2.45, 2.75) is 19.4 Å². The predicted octanol–water partition coefficient (Wildman–Crippen LogP) is 4.07. The first kappa shape index (κ1) is 20.5. The molecule has 0 aliphatic rings. The summed E-state index contributed by atoms with van der Waals surface area (Å²) in [6.07, 6.45) is -1.02. The summed E-state index contributed by atoms with van der Waals surface area (Å²) < 4.78 is 23.3. The molecular weight excluding hydrogens is 395 g/mol. The number of carbonyl (C=O) groups is 2. The molecule has 150 valence electrons. The van der Waals surface area contributed by atoms with Crippen molar-refractivity contribution in [2.24, 2.45) is 0 Å². The van der Waals surface area contributed by atoms with Crippen molar-refractivity contribution in [3.63, 3.8) is 0 Å². The van der Waals surface area contributed by atoms with E-state index < -0.39 is 18.0 Å². The van der Waals surface area contributed by atoms with Gasteiger partial charge in [0.05, 0.1) is 19.2 Å². The molecule has 29 heavy (non-hydrogen) atoms. The Labute approximate surface area is 171 Å². The lowest BCUT2D eigenvalue weighted by molar-refractivity contribution is -0.152. The second kappa shape index (κ2) is 9.29. The summed E-state index contributed by atoms with van der Waals surface area (Å²) in [5, 5.41) is 5.09. The number of anilines is 1. The van der Waals surface area contributed by atoms with Crippen LogP contribution in [0.1, 0.15) is 12.6 Å². The minimum absolute atomic E-state index is 0.0577. The van der Waals surface area contributed by atoms with E-state index in [1.807, 2.05) is 0 Å². The number of aromatic nitrogens is 1. The highest BCUT2D eigenvalue weighted by Crippen LogP contribution is 2.24. The number of nitrogens with zero attached hydrogens (tertiary/aromatic N) is 1. The molecule has 0 bridgehead atoms. The van der Waals surface area contributed by atoms with Crippen LogP contribution in [0.2, 0.25) is 0 Å². The van der Waals surface area contributed by atoms with E-state index in [1.165, 1.54) is 30.4 Å². The Balaban J connectivity index is 1.53. The van der Waals surface area contributed by atoms with Crippen molar-refractivity contribution in [1.82, 2.24) is 4.98 Å². The Morgan fingerprint density at radius 1 is 1.14 bits per heavy atom. The van der Waals surface area contributed by atoms with Gasteiger partial charge in [-0.2, -0.15) is 0 Å². The van der Waals surface area contributed by atoms with E-state index in [0.717, 1.165) is 5.56 Å². The molecule has 0 fully saturated rings. The lowest BCUT2D eigenvalue weighted by Gasteiger charge is -2.13. The minimum Gasteiger partial charge on any atom is -0.497 e. The van der Waals surface area contributed by atoms with Crippen LogP contribution in [0, 0.1) is 5.82 Å². The topological polar surface area (TPSA) is 77.5 Å². The Bertz CT molecular complexity index is 987.